The smallest absolute Gasteiger partial charge is 0.316 e. The Morgan fingerprint density at radius 1 is 0.625 bits per heavy atom. The van der Waals surface area contributed by atoms with Crippen LogP contribution in [0.4, 0.5) is 28.4 Å². The molecular formula is C48H44N8O6S2. The van der Waals surface area contributed by atoms with Crippen molar-refractivity contribution in [1.29, 1.82) is 0 Å². The quantitative estimate of drug-likeness (QED) is 0.0916. The van der Waals surface area contributed by atoms with Crippen molar-refractivity contribution in [3.8, 4) is 11.5 Å². The van der Waals surface area contributed by atoms with Crippen molar-refractivity contribution in [3.05, 3.63) is 193 Å². The molecule has 324 valence electrons. The highest BCUT2D eigenvalue weighted by Gasteiger charge is 2.27. The lowest BCUT2D eigenvalue weighted by Crippen LogP contribution is -2.28. The first kappa shape index (κ1) is 43.3. The molecule has 6 aromatic carbocycles. The van der Waals surface area contributed by atoms with E-state index in [1.54, 1.807) is 29.6 Å². The third-order valence-electron chi connectivity index (χ3n) is 9.88. The maximum Gasteiger partial charge on any atom is 0.316 e. The van der Waals surface area contributed by atoms with Gasteiger partial charge in [-0.3, -0.25) is 29.2 Å². The van der Waals surface area contributed by atoms with E-state index in [0.29, 0.717) is 39.9 Å². The lowest BCUT2D eigenvalue weighted by Gasteiger charge is -2.25. The van der Waals surface area contributed by atoms with Gasteiger partial charge in [-0.1, -0.05) is 99.6 Å². The lowest BCUT2D eigenvalue weighted by molar-refractivity contribution is 0.0998. The summed E-state index contributed by atoms with van der Waals surface area (Å²) in [6.07, 6.45) is 0. The summed E-state index contributed by atoms with van der Waals surface area (Å²) in [4.78, 5) is 32.5. The molecule has 0 saturated carbocycles. The van der Waals surface area contributed by atoms with Gasteiger partial charge in [-0.25, -0.2) is 0 Å². The van der Waals surface area contributed by atoms with Gasteiger partial charge < -0.3 is 8.37 Å². The zero-order valence-electron chi connectivity index (χ0n) is 35.2. The highest BCUT2D eigenvalue weighted by molar-refractivity contribution is 7.82. The SMILES string of the molecule is CC(NS(=O)Oc1cccc(NS(=O)Oc2cc(C(=O)N(c3ccccc3)c3ccccc3)cc(C(=O)N(c3ccccc3)c3ccccc3)c2)c1)c1n[nH]c2cc(C(C)(C)C)nn12. The van der Waals surface area contributed by atoms with Crippen LogP contribution >= 0.6 is 0 Å². The first-order valence-corrected chi connectivity index (χ1v) is 22.4. The normalized spacial score (nSPS) is 12.8. The van der Waals surface area contributed by atoms with Crippen LogP contribution in [0.5, 0.6) is 11.5 Å². The number of aromatic amines is 1. The molecule has 2 heterocycles. The van der Waals surface area contributed by atoms with Crippen molar-refractivity contribution >= 4 is 68.4 Å². The van der Waals surface area contributed by atoms with Gasteiger partial charge in [0.15, 0.2) is 11.5 Å². The van der Waals surface area contributed by atoms with Gasteiger partial charge in [-0.05, 0) is 85.8 Å². The summed E-state index contributed by atoms with van der Waals surface area (Å²) < 4.78 is 45.9. The monoisotopic (exact) mass is 892 g/mol. The van der Waals surface area contributed by atoms with E-state index in [1.165, 1.54) is 34.1 Å². The Bertz CT molecular complexity index is 2750. The third kappa shape index (κ3) is 9.94. The van der Waals surface area contributed by atoms with Crippen molar-refractivity contribution in [2.45, 2.75) is 39.2 Å². The van der Waals surface area contributed by atoms with Crippen molar-refractivity contribution in [2.24, 2.45) is 0 Å². The number of aromatic nitrogens is 4. The first-order chi connectivity index (χ1) is 30.9. The Labute approximate surface area is 375 Å². The first-order valence-electron chi connectivity index (χ1n) is 20.2. The number of carbonyl (C=O) groups is 2. The number of anilines is 5. The van der Waals surface area contributed by atoms with Gasteiger partial charge in [-0.2, -0.15) is 27.9 Å². The van der Waals surface area contributed by atoms with E-state index < -0.39 is 40.4 Å². The molecule has 3 unspecified atom stereocenters. The zero-order chi connectivity index (χ0) is 44.8. The number of hydrogen-bond acceptors (Lipinski definition) is 8. The fourth-order valence-corrected chi connectivity index (χ4v) is 8.15. The summed E-state index contributed by atoms with van der Waals surface area (Å²) >= 11 is -4.29. The minimum atomic E-state index is -2.27. The van der Waals surface area contributed by atoms with E-state index in [1.807, 2.05) is 127 Å². The fourth-order valence-electron chi connectivity index (χ4n) is 6.80. The molecule has 2 aromatic heterocycles. The molecule has 16 heteroatoms. The highest BCUT2D eigenvalue weighted by atomic mass is 32.2. The molecule has 14 nitrogen and oxygen atoms in total. The predicted molar refractivity (Wildman–Crippen MR) is 250 cm³/mol. The van der Waals surface area contributed by atoms with Gasteiger partial charge in [0.2, 0.25) is 0 Å². The fraction of sp³-hybridized carbons (Fsp3) is 0.125. The highest BCUT2D eigenvalue weighted by Crippen LogP contribution is 2.33. The van der Waals surface area contributed by atoms with Gasteiger partial charge in [0.1, 0.15) is 11.5 Å². The van der Waals surface area contributed by atoms with Gasteiger partial charge in [-0.15, -0.1) is 0 Å². The molecule has 0 aliphatic rings. The molecule has 3 atom stereocenters. The molecule has 0 aliphatic heterocycles. The predicted octanol–water partition coefficient (Wildman–Crippen LogP) is 9.69. The van der Waals surface area contributed by atoms with Crippen LogP contribution in [-0.2, 0) is 27.9 Å². The molecule has 2 amide bonds. The topological polar surface area (TPSA) is 163 Å². The van der Waals surface area contributed by atoms with Crippen LogP contribution in [0.3, 0.4) is 0 Å². The van der Waals surface area contributed by atoms with Crippen LogP contribution in [0.2, 0.25) is 0 Å². The number of carbonyl (C=O) groups excluding carboxylic acids is 2. The van der Waals surface area contributed by atoms with E-state index in [-0.39, 0.29) is 28.0 Å². The molecular weight excluding hydrogens is 849 g/mol. The molecule has 8 aromatic rings. The van der Waals surface area contributed by atoms with Gasteiger partial charge >= 0.3 is 11.3 Å². The van der Waals surface area contributed by atoms with Crippen LogP contribution in [0.1, 0.15) is 66.0 Å². The largest absolute Gasteiger partial charge is 0.389 e. The van der Waals surface area contributed by atoms with Crippen LogP contribution < -0.4 is 27.6 Å². The molecule has 0 saturated heterocycles. The van der Waals surface area contributed by atoms with Crippen molar-refractivity contribution in [3.63, 3.8) is 0 Å². The third-order valence-corrected chi connectivity index (χ3v) is 11.5. The second-order valence-electron chi connectivity index (χ2n) is 15.6. The van der Waals surface area contributed by atoms with Crippen molar-refractivity contribution in [2.75, 3.05) is 14.5 Å². The number of para-hydroxylation sites is 4. The Kier molecular flexibility index (Phi) is 12.8. The van der Waals surface area contributed by atoms with E-state index >= 15 is 0 Å². The van der Waals surface area contributed by atoms with Gasteiger partial charge in [0.05, 0.1) is 17.4 Å². The maximum absolute atomic E-state index is 14.7. The minimum Gasteiger partial charge on any atom is -0.389 e. The van der Waals surface area contributed by atoms with Gasteiger partial charge in [0, 0.05) is 51.4 Å². The van der Waals surface area contributed by atoms with Crippen LogP contribution in [0.15, 0.2) is 170 Å². The Balaban J connectivity index is 1.05. The van der Waals surface area contributed by atoms with Crippen LogP contribution in [0, 0.1) is 0 Å². The summed E-state index contributed by atoms with van der Waals surface area (Å²) in [6.45, 7) is 7.99. The average Bonchev–Trinajstić information content (AvgIpc) is 3.91. The van der Waals surface area contributed by atoms with Crippen molar-refractivity contribution < 1.29 is 26.4 Å². The van der Waals surface area contributed by atoms with Crippen LogP contribution in [-0.4, -0.2) is 40.0 Å². The molecule has 0 bridgehead atoms. The summed E-state index contributed by atoms with van der Waals surface area (Å²) in [5, 5.41) is 12.0. The summed E-state index contributed by atoms with van der Waals surface area (Å²) in [7, 11) is 0. The van der Waals surface area contributed by atoms with E-state index in [9.17, 15) is 18.0 Å². The molecule has 0 spiro atoms. The number of H-pyrrole nitrogens is 1. The number of benzene rings is 6. The molecule has 0 aliphatic carbocycles. The van der Waals surface area contributed by atoms with E-state index in [4.69, 9.17) is 8.37 Å². The molecule has 8 rings (SSSR count). The number of rotatable bonds is 15. The Morgan fingerprint density at radius 3 is 1.59 bits per heavy atom. The van der Waals surface area contributed by atoms with E-state index in [0.717, 1.165) is 5.69 Å². The second kappa shape index (κ2) is 18.9. The standard InChI is InChI=1S/C48H44N8O6S2/c1-33(45-50-49-44-32-43(48(2,3)4)51-56(44)45)52-63(59)61-41-27-17-18-36(31-41)53-64(60)62-42-29-34(46(57)54(37-19-9-5-10-20-37)38-21-11-6-12-22-38)28-35(30-42)47(58)55(39-23-13-7-14-24-39)40-25-15-8-16-26-40/h5-33,49,52-53H,1-4H3. The average molecular weight is 893 g/mol. The Morgan fingerprint density at radius 2 is 1.11 bits per heavy atom. The molecule has 0 radical (unpaired) electrons. The van der Waals surface area contributed by atoms with Crippen molar-refractivity contribution in [1.82, 2.24) is 24.5 Å². The second-order valence-corrected chi connectivity index (χ2v) is 17.3. The number of nitrogens with zero attached hydrogens (tertiary/aromatic N) is 5. The number of hydrogen-bond donors (Lipinski definition) is 3. The summed E-state index contributed by atoms with van der Waals surface area (Å²) in [6, 6.07) is 48.7. The summed E-state index contributed by atoms with van der Waals surface area (Å²) in [5.74, 6) is -0.225. The number of nitrogens with one attached hydrogen (secondary N) is 3. The summed E-state index contributed by atoms with van der Waals surface area (Å²) in [5.41, 5.74) is 4.30. The molecule has 3 N–H and O–H groups in total. The lowest BCUT2D eigenvalue weighted by atomic mass is 9.93. The zero-order valence-corrected chi connectivity index (χ0v) is 36.9. The number of fused-ring (bicyclic) bond motifs is 1. The van der Waals surface area contributed by atoms with Crippen LogP contribution in [0.25, 0.3) is 5.65 Å². The number of amides is 2. The van der Waals surface area contributed by atoms with Gasteiger partial charge in [0.25, 0.3) is 23.1 Å². The minimum absolute atomic E-state index is 0.0202. The maximum atomic E-state index is 14.7. The molecule has 64 heavy (non-hydrogen) atoms. The molecule has 0 fully saturated rings. The Hall–Kier alpha value is -7.40. The van der Waals surface area contributed by atoms with E-state index in [2.05, 4.69) is 45.5 Å².